The Morgan fingerprint density at radius 1 is 1.35 bits per heavy atom. The highest BCUT2D eigenvalue weighted by Gasteiger charge is 2.09. The fourth-order valence-electron chi connectivity index (χ4n) is 1.73. The Balaban J connectivity index is 2.23. The predicted octanol–water partition coefficient (Wildman–Crippen LogP) is 4.00. The van der Waals surface area contributed by atoms with Crippen molar-refractivity contribution in [2.24, 2.45) is 5.73 Å². The largest absolute Gasteiger partial charge is 0.488 e. The van der Waals surface area contributed by atoms with E-state index in [9.17, 15) is 4.39 Å². The number of halogens is 2. The lowest BCUT2D eigenvalue weighted by molar-refractivity contribution is 0.298. The zero-order chi connectivity index (χ0) is 14.7. The van der Waals surface area contributed by atoms with E-state index in [1.54, 1.807) is 18.2 Å². The van der Waals surface area contributed by atoms with Crippen molar-refractivity contribution in [2.45, 2.75) is 13.5 Å². The van der Waals surface area contributed by atoms with E-state index >= 15 is 0 Å². The molecule has 0 atom stereocenters. The summed E-state index contributed by atoms with van der Waals surface area (Å²) in [5.74, 6) is 0.218. The highest BCUT2D eigenvalue weighted by atomic mass is 35.5. The van der Waals surface area contributed by atoms with E-state index in [2.05, 4.69) is 0 Å². The minimum absolute atomic E-state index is 0.0487. The molecule has 104 valence electrons. The van der Waals surface area contributed by atoms with Crippen LogP contribution >= 0.6 is 23.8 Å². The minimum Gasteiger partial charge on any atom is -0.488 e. The van der Waals surface area contributed by atoms with Gasteiger partial charge in [-0.05, 0) is 30.7 Å². The molecule has 0 heterocycles. The van der Waals surface area contributed by atoms with Crippen LogP contribution in [0.4, 0.5) is 4.39 Å². The van der Waals surface area contributed by atoms with E-state index in [0.29, 0.717) is 26.9 Å². The van der Waals surface area contributed by atoms with Gasteiger partial charge >= 0.3 is 0 Å². The summed E-state index contributed by atoms with van der Waals surface area (Å²) in [5.41, 5.74) is 7.53. The van der Waals surface area contributed by atoms with Crippen LogP contribution in [0.25, 0.3) is 0 Å². The second-order valence-corrected chi connectivity index (χ2v) is 5.18. The lowest BCUT2D eigenvalue weighted by Crippen LogP contribution is -2.10. The van der Waals surface area contributed by atoms with Crippen LogP contribution in [0.2, 0.25) is 5.02 Å². The monoisotopic (exact) mass is 309 g/mol. The number of aryl methyl sites for hydroxylation is 1. The van der Waals surface area contributed by atoms with Crippen molar-refractivity contribution >= 4 is 28.8 Å². The summed E-state index contributed by atoms with van der Waals surface area (Å²) < 4.78 is 19.3. The molecule has 0 saturated carbocycles. The summed E-state index contributed by atoms with van der Waals surface area (Å²) in [6.45, 7) is 1.94. The van der Waals surface area contributed by atoms with Gasteiger partial charge in [-0.3, -0.25) is 0 Å². The van der Waals surface area contributed by atoms with Gasteiger partial charge in [-0.2, -0.15) is 0 Å². The molecule has 0 bridgehead atoms. The molecule has 0 aliphatic carbocycles. The third kappa shape index (κ3) is 3.26. The zero-order valence-corrected chi connectivity index (χ0v) is 12.4. The van der Waals surface area contributed by atoms with Crippen molar-refractivity contribution in [3.8, 4) is 5.75 Å². The molecule has 20 heavy (non-hydrogen) atoms. The Morgan fingerprint density at radius 2 is 2.10 bits per heavy atom. The first-order chi connectivity index (χ1) is 9.49. The van der Waals surface area contributed by atoms with Gasteiger partial charge in [0.25, 0.3) is 0 Å². The fourth-order valence-corrected chi connectivity index (χ4v) is 2.07. The van der Waals surface area contributed by atoms with Crippen LogP contribution in [0, 0.1) is 12.7 Å². The summed E-state index contributed by atoms with van der Waals surface area (Å²) in [5, 5.41) is 0.341. The van der Waals surface area contributed by atoms with Crippen LogP contribution in [0.15, 0.2) is 36.4 Å². The SMILES string of the molecule is Cc1ccc(C(N)=S)cc1OCc1c(F)cccc1Cl. The van der Waals surface area contributed by atoms with Crippen molar-refractivity contribution in [3.63, 3.8) is 0 Å². The second kappa shape index (κ2) is 6.20. The number of benzene rings is 2. The highest BCUT2D eigenvalue weighted by molar-refractivity contribution is 7.80. The Kier molecular flexibility index (Phi) is 4.57. The number of rotatable bonds is 4. The maximum absolute atomic E-state index is 13.7. The van der Waals surface area contributed by atoms with Gasteiger partial charge in [0.1, 0.15) is 23.2 Å². The van der Waals surface area contributed by atoms with E-state index in [1.807, 2.05) is 19.1 Å². The molecule has 2 nitrogen and oxygen atoms in total. The molecule has 0 saturated heterocycles. The quantitative estimate of drug-likeness (QED) is 0.867. The number of ether oxygens (including phenoxy) is 1. The molecule has 2 N–H and O–H groups in total. The van der Waals surface area contributed by atoms with E-state index in [0.717, 1.165) is 5.56 Å². The van der Waals surface area contributed by atoms with Crippen molar-refractivity contribution < 1.29 is 9.13 Å². The molecule has 0 spiro atoms. The maximum atomic E-state index is 13.7. The molecule has 0 unspecified atom stereocenters. The number of nitrogens with two attached hydrogens (primary N) is 1. The molecule has 0 aliphatic rings. The highest BCUT2D eigenvalue weighted by Crippen LogP contribution is 2.24. The van der Waals surface area contributed by atoms with Crippen LogP contribution in [-0.2, 0) is 6.61 Å². The van der Waals surface area contributed by atoms with Crippen LogP contribution in [0.3, 0.4) is 0 Å². The first kappa shape index (κ1) is 14.8. The molecule has 0 radical (unpaired) electrons. The van der Waals surface area contributed by atoms with Gasteiger partial charge in [0.05, 0.1) is 5.02 Å². The Labute approximate surface area is 127 Å². The van der Waals surface area contributed by atoms with Crippen molar-refractivity contribution in [2.75, 3.05) is 0 Å². The molecule has 2 aromatic carbocycles. The molecule has 0 fully saturated rings. The van der Waals surface area contributed by atoms with E-state index in [1.165, 1.54) is 6.07 Å². The van der Waals surface area contributed by atoms with Crippen LogP contribution in [-0.4, -0.2) is 4.99 Å². The molecular formula is C15H13ClFNOS. The molecular weight excluding hydrogens is 297 g/mol. The fraction of sp³-hybridized carbons (Fsp3) is 0.133. The van der Waals surface area contributed by atoms with Gasteiger partial charge < -0.3 is 10.5 Å². The topological polar surface area (TPSA) is 35.2 Å². The average Bonchev–Trinajstić information content (AvgIpc) is 2.39. The predicted molar refractivity (Wildman–Crippen MR) is 82.8 cm³/mol. The first-order valence-corrected chi connectivity index (χ1v) is 6.74. The van der Waals surface area contributed by atoms with E-state index < -0.39 is 0 Å². The van der Waals surface area contributed by atoms with Crippen molar-refractivity contribution in [3.05, 3.63) is 63.9 Å². The number of hydrogen-bond donors (Lipinski definition) is 1. The standard InChI is InChI=1S/C15H13ClFNOS/c1-9-5-6-10(15(18)20)7-14(9)19-8-11-12(16)3-2-4-13(11)17/h2-7H,8H2,1H3,(H2,18,20). The van der Waals surface area contributed by atoms with Gasteiger partial charge in [0.2, 0.25) is 0 Å². The molecule has 2 aromatic rings. The summed E-state index contributed by atoms with van der Waals surface area (Å²) in [6, 6.07) is 9.95. The summed E-state index contributed by atoms with van der Waals surface area (Å²) in [7, 11) is 0. The molecule has 5 heteroatoms. The third-order valence-corrected chi connectivity index (χ3v) is 3.50. The third-order valence-electron chi connectivity index (χ3n) is 2.91. The average molecular weight is 310 g/mol. The van der Waals surface area contributed by atoms with Crippen molar-refractivity contribution in [1.29, 1.82) is 0 Å². The Morgan fingerprint density at radius 3 is 2.75 bits per heavy atom. The normalized spacial score (nSPS) is 10.3. The van der Waals surface area contributed by atoms with Gasteiger partial charge in [0.15, 0.2) is 0 Å². The van der Waals surface area contributed by atoms with Gasteiger partial charge in [-0.15, -0.1) is 0 Å². The van der Waals surface area contributed by atoms with Gasteiger partial charge in [-0.25, -0.2) is 4.39 Å². The number of thiocarbonyl (C=S) groups is 1. The summed E-state index contributed by atoms with van der Waals surface area (Å²) in [4.78, 5) is 0.291. The lowest BCUT2D eigenvalue weighted by Gasteiger charge is -2.12. The Bertz CT molecular complexity index is 640. The van der Waals surface area contributed by atoms with Crippen molar-refractivity contribution in [1.82, 2.24) is 0 Å². The Hall–Kier alpha value is -1.65. The molecule has 0 amide bonds. The minimum atomic E-state index is -0.388. The molecule has 0 aromatic heterocycles. The van der Waals surface area contributed by atoms with E-state index in [4.69, 9.17) is 34.3 Å². The smallest absolute Gasteiger partial charge is 0.131 e. The molecule has 2 rings (SSSR count). The van der Waals surface area contributed by atoms with Gasteiger partial charge in [-0.1, -0.05) is 42.0 Å². The zero-order valence-electron chi connectivity index (χ0n) is 10.8. The van der Waals surface area contributed by atoms with Crippen LogP contribution in [0.5, 0.6) is 5.75 Å². The first-order valence-electron chi connectivity index (χ1n) is 5.95. The second-order valence-electron chi connectivity index (χ2n) is 4.33. The van der Waals surface area contributed by atoms with Crippen LogP contribution < -0.4 is 10.5 Å². The van der Waals surface area contributed by atoms with Crippen LogP contribution in [0.1, 0.15) is 16.7 Å². The molecule has 0 aliphatic heterocycles. The van der Waals surface area contributed by atoms with Gasteiger partial charge in [0, 0.05) is 11.1 Å². The van der Waals surface area contributed by atoms with E-state index in [-0.39, 0.29) is 12.4 Å². The number of hydrogen-bond acceptors (Lipinski definition) is 2. The maximum Gasteiger partial charge on any atom is 0.131 e. The lowest BCUT2D eigenvalue weighted by atomic mass is 10.1. The summed E-state index contributed by atoms with van der Waals surface area (Å²) in [6.07, 6.45) is 0. The summed E-state index contributed by atoms with van der Waals surface area (Å²) >= 11 is 10.9.